The smallest absolute Gasteiger partial charge is 0.257 e. The molecule has 0 spiro atoms. The topological polar surface area (TPSA) is 51.2 Å². The average molecular weight is 425 g/mol. The van der Waals surface area contributed by atoms with Crippen LogP contribution in [-0.2, 0) is 0 Å². The maximum absolute atomic E-state index is 12.6. The Hall–Kier alpha value is -2.70. The van der Waals surface area contributed by atoms with Gasteiger partial charge >= 0.3 is 0 Å². The third-order valence-electron chi connectivity index (χ3n) is 3.67. The maximum Gasteiger partial charge on any atom is 0.257 e. The van der Waals surface area contributed by atoms with Crippen molar-refractivity contribution in [3.8, 4) is 11.5 Å². The number of aromatic nitrogens is 1. The molecule has 0 saturated carbocycles. The number of nitrogens with one attached hydrogen (secondary N) is 1. The first kappa shape index (κ1) is 16.8. The zero-order chi connectivity index (χ0) is 17.9. The van der Waals surface area contributed by atoms with Gasteiger partial charge in [-0.2, -0.15) is 0 Å². The Bertz CT molecular complexity index is 1080. The van der Waals surface area contributed by atoms with Crippen molar-refractivity contribution in [3.05, 3.63) is 82.8 Å². The third-order valence-corrected chi connectivity index (χ3v) is 5.24. The molecule has 0 aliphatic rings. The molecule has 0 unspecified atom stereocenters. The van der Waals surface area contributed by atoms with E-state index < -0.39 is 0 Å². The van der Waals surface area contributed by atoms with Crippen LogP contribution < -0.4 is 10.1 Å². The number of fused-ring (bicyclic) bond motifs is 1. The van der Waals surface area contributed by atoms with Gasteiger partial charge in [-0.3, -0.25) is 10.1 Å². The normalized spacial score (nSPS) is 10.7. The van der Waals surface area contributed by atoms with Crippen LogP contribution >= 0.6 is 27.3 Å². The first-order valence-corrected chi connectivity index (χ1v) is 9.49. The van der Waals surface area contributed by atoms with E-state index in [0.29, 0.717) is 16.4 Å². The molecule has 4 nitrogen and oxygen atoms in total. The fourth-order valence-corrected chi connectivity index (χ4v) is 3.94. The SMILES string of the molecule is O=C(Nc1nc2c(Br)cccc2s1)c1cccc(Oc2ccccc2)c1. The molecule has 3 aromatic carbocycles. The van der Waals surface area contributed by atoms with Crippen LogP contribution in [0, 0.1) is 0 Å². The van der Waals surface area contributed by atoms with Crippen LogP contribution in [0.3, 0.4) is 0 Å². The summed E-state index contributed by atoms with van der Waals surface area (Å²) in [6.07, 6.45) is 0. The molecule has 4 aromatic rings. The van der Waals surface area contributed by atoms with Crippen LogP contribution in [-0.4, -0.2) is 10.9 Å². The second-order valence-corrected chi connectivity index (χ2v) is 7.39. The van der Waals surface area contributed by atoms with Crippen molar-refractivity contribution >= 4 is 48.5 Å². The standard InChI is InChI=1S/C20H13BrN2O2S/c21-16-10-5-11-17-18(16)22-20(26-17)23-19(24)13-6-4-9-15(12-13)25-14-7-2-1-3-8-14/h1-12H,(H,22,23,24). The van der Waals surface area contributed by atoms with Crippen LogP contribution in [0.4, 0.5) is 5.13 Å². The molecule has 1 heterocycles. The largest absolute Gasteiger partial charge is 0.457 e. The van der Waals surface area contributed by atoms with E-state index in [1.165, 1.54) is 11.3 Å². The molecule has 4 rings (SSSR count). The second kappa shape index (κ2) is 7.27. The fraction of sp³-hybridized carbons (Fsp3) is 0. The lowest BCUT2D eigenvalue weighted by Crippen LogP contribution is -2.11. The van der Waals surface area contributed by atoms with Gasteiger partial charge in [0.2, 0.25) is 0 Å². The number of carbonyl (C=O) groups excluding carboxylic acids is 1. The quantitative estimate of drug-likeness (QED) is 0.430. The fourth-order valence-electron chi connectivity index (χ4n) is 2.46. The molecule has 0 aliphatic carbocycles. The number of anilines is 1. The summed E-state index contributed by atoms with van der Waals surface area (Å²) < 4.78 is 7.70. The molecular weight excluding hydrogens is 412 g/mol. The number of ether oxygens (including phenoxy) is 1. The minimum Gasteiger partial charge on any atom is -0.457 e. The first-order valence-electron chi connectivity index (χ1n) is 7.88. The molecular formula is C20H13BrN2O2S. The van der Waals surface area contributed by atoms with Gasteiger partial charge in [0, 0.05) is 10.0 Å². The lowest BCUT2D eigenvalue weighted by atomic mass is 10.2. The Labute approximate surface area is 162 Å². The molecule has 0 fully saturated rings. The van der Waals surface area contributed by atoms with E-state index in [1.54, 1.807) is 18.2 Å². The molecule has 0 aliphatic heterocycles. The summed E-state index contributed by atoms with van der Waals surface area (Å²) in [5.41, 5.74) is 1.35. The summed E-state index contributed by atoms with van der Waals surface area (Å²) in [4.78, 5) is 17.0. The molecule has 0 saturated heterocycles. The highest BCUT2D eigenvalue weighted by Crippen LogP contribution is 2.31. The van der Waals surface area contributed by atoms with Gasteiger partial charge < -0.3 is 4.74 Å². The van der Waals surface area contributed by atoms with E-state index in [1.807, 2.05) is 54.6 Å². The molecule has 0 bridgehead atoms. The minimum atomic E-state index is -0.223. The number of para-hydroxylation sites is 2. The monoisotopic (exact) mass is 424 g/mol. The first-order chi connectivity index (χ1) is 12.7. The number of nitrogens with zero attached hydrogens (tertiary/aromatic N) is 1. The molecule has 26 heavy (non-hydrogen) atoms. The lowest BCUT2D eigenvalue weighted by molar-refractivity contribution is 0.102. The number of benzene rings is 3. The number of halogens is 1. The summed E-state index contributed by atoms with van der Waals surface area (Å²) in [7, 11) is 0. The van der Waals surface area contributed by atoms with Crippen LogP contribution in [0.25, 0.3) is 10.2 Å². The molecule has 1 aromatic heterocycles. The highest BCUT2D eigenvalue weighted by molar-refractivity contribution is 9.10. The number of carbonyl (C=O) groups is 1. The van der Waals surface area contributed by atoms with E-state index in [9.17, 15) is 4.79 Å². The number of hydrogen-bond donors (Lipinski definition) is 1. The average Bonchev–Trinajstić information content (AvgIpc) is 3.07. The number of rotatable bonds is 4. The van der Waals surface area contributed by atoms with Gasteiger partial charge in [0.25, 0.3) is 5.91 Å². The Morgan fingerprint density at radius 2 is 1.73 bits per heavy atom. The van der Waals surface area contributed by atoms with Crippen molar-refractivity contribution in [1.29, 1.82) is 0 Å². The highest BCUT2D eigenvalue weighted by Gasteiger charge is 2.12. The summed E-state index contributed by atoms with van der Waals surface area (Å²) in [5, 5.41) is 3.42. The summed E-state index contributed by atoms with van der Waals surface area (Å²) in [5.74, 6) is 1.11. The highest BCUT2D eigenvalue weighted by atomic mass is 79.9. The van der Waals surface area contributed by atoms with E-state index >= 15 is 0 Å². The van der Waals surface area contributed by atoms with Gasteiger partial charge in [-0.05, 0) is 58.4 Å². The van der Waals surface area contributed by atoms with Gasteiger partial charge in [-0.15, -0.1) is 0 Å². The summed E-state index contributed by atoms with van der Waals surface area (Å²) in [6.45, 7) is 0. The molecule has 6 heteroatoms. The van der Waals surface area contributed by atoms with Crippen molar-refractivity contribution < 1.29 is 9.53 Å². The van der Waals surface area contributed by atoms with Gasteiger partial charge in [-0.1, -0.05) is 41.7 Å². The Morgan fingerprint density at radius 1 is 0.962 bits per heavy atom. The number of amides is 1. The Kier molecular flexibility index (Phi) is 4.69. The minimum absolute atomic E-state index is 0.223. The van der Waals surface area contributed by atoms with Gasteiger partial charge in [0.1, 0.15) is 11.5 Å². The van der Waals surface area contributed by atoms with Crippen LogP contribution in [0.5, 0.6) is 11.5 Å². The number of hydrogen-bond acceptors (Lipinski definition) is 4. The molecule has 128 valence electrons. The third kappa shape index (κ3) is 3.61. The van der Waals surface area contributed by atoms with Crippen molar-refractivity contribution in [3.63, 3.8) is 0 Å². The summed E-state index contributed by atoms with van der Waals surface area (Å²) in [6, 6.07) is 22.4. The Morgan fingerprint density at radius 3 is 2.54 bits per heavy atom. The van der Waals surface area contributed by atoms with Gasteiger partial charge in [0.15, 0.2) is 5.13 Å². The zero-order valence-electron chi connectivity index (χ0n) is 13.5. The van der Waals surface area contributed by atoms with Crippen molar-refractivity contribution in [2.75, 3.05) is 5.32 Å². The number of thiazole rings is 1. The van der Waals surface area contributed by atoms with E-state index in [-0.39, 0.29) is 5.91 Å². The molecule has 1 N–H and O–H groups in total. The van der Waals surface area contributed by atoms with Crippen LogP contribution in [0.1, 0.15) is 10.4 Å². The lowest BCUT2D eigenvalue weighted by Gasteiger charge is -2.07. The van der Waals surface area contributed by atoms with Gasteiger partial charge in [-0.25, -0.2) is 4.98 Å². The zero-order valence-corrected chi connectivity index (χ0v) is 15.9. The summed E-state index contributed by atoms with van der Waals surface area (Å²) >= 11 is 4.91. The maximum atomic E-state index is 12.6. The molecule has 0 radical (unpaired) electrons. The molecule has 0 atom stereocenters. The van der Waals surface area contributed by atoms with E-state index in [0.717, 1.165) is 20.4 Å². The predicted molar refractivity (Wildman–Crippen MR) is 108 cm³/mol. The Balaban J connectivity index is 1.54. The van der Waals surface area contributed by atoms with Crippen molar-refractivity contribution in [2.24, 2.45) is 0 Å². The van der Waals surface area contributed by atoms with E-state index in [4.69, 9.17) is 4.74 Å². The molecule has 1 amide bonds. The predicted octanol–water partition coefficient (Wildman–Crippen LogP) is 6.10. The van der Waals surface area contributed by atoms with Crippen molar-refractivity contribution in [1.82, 2.24) is 4.98 Å². The second-order valence-electron chi connectivity index (χ2n) is 5.50. The van der Waals surface area contributed by atoms with E-state index in [2.05, 4.69) is 26.2 Å². The van der Waals surface area contributed by atoms with Crippen LogP contribution in [0.15, 0.2) is 77.3 Å². The van der Waals surface area contributed by atoms with Gasteiger partial charge in [0.05, 0.1) is 10.2 Å². The van der Waals surface area contributed by atoms with Crippen LogP contribution in [0.2, 0.25) is 0 Å². The van der Waals surface area contributed by atoms with Crippen molar-refractivity contribution in [2.45, 2.75) is 0 Å².